The lowest BCUT2D eigenvalue weighted by Crippen LogP contribution is -2.12. The summed E-state index contributed by atoms with van der Waals surface area (Å²) >= 11 is 0. The Morgan fingerprint density at radius 2 is 0.986 bits per heavy atom. The van der Waals surface area contributed by atoms with Gasteiger partial charge in [0.2, 0.25) is 0 Å². The number of benzene rings is 4. The number of rotatable bonds is 18. The van der Waals surface area contributed by atoms with Crippen LogP contribution < -0.4 is 21.3 Å². The molecule has 2 heterocycles. The SMILES string of the molecule is Cc1c(C#N)c(NCCOC#CC=O)nc(Nc2ccccc2)c1N=Nc1ccc([N+](=O)[O-])cc1C#N.Cc1c(C#N)c(Nc2ccccc2)nc(NCCOC#CC=O)c1N=Nc1ccc([N+](=O)[O-])cc1C#N. The molecule has 364 valence electrons. The number of azo groups is 2. The predicted octanol–water partition coefficient (Wildman–Crippen LogP) is 9.58. The molecule has 0 atom stereocenters. The highest BCUT2D eigenvalue weighted by atomic mass is 16.6. The van der Waals surface area contributed by atoms with Gasteiger partial charge in [-0.05, 0) is 50.2 Å². The van der Waals surface area contributed by atoms with Crippen molar-refractivity contribution < 1.29 is 28.9 Å². The van der Waals surface area contributed by atoms with Gasteiger partial charge in [0.05, 0.1) is 45.2 Å². The van der Waals surface area contributed by atoms with Crippen molar-refractivity contribution in [3.63, 3.8) is 0 Å². The Morgan fingerprint density at radius 1 is 0.568 bits per heavy atom. The molecule has 0 saturated heterocycles. The molecule has 0 saturated carbocycles. The molecule has 4 aromatic carbocycles. The van der Waals surface area contributed by atoms with E-state index in [2.05, 4.69) is 87.9 Å². The first-order valence-corrected chi connectivity index (χ1v) is 21.3. The maximum absolute atomic E-state index is 11.0. The van der Waals surface area contributed by atoms with E-state index in [4.69, 9.17) is 9.47 Å². The maximum atomic E-state index is 11.0. The first-order valence-electron chi connectivity index (χ1n) is 21.3. The van der Waals surface area contributed by atoms with Gasteiger partial charge in [0.1, 0.15) is 78.3 Å². The topological polar surface area (TPSA) is 357 Å². The molecule has 0 spiro atoms. The summed E-state index contributed by atoms with van der Waals surface area (Å²) in [6.07, 6.45) is 5.27. The van der Waals surface area contributed by atoms with Gasteiger partial charge in [0.25, 0.3) is 11.4 Å². The van der Waals surface area contributed by atoms with Gasteiger partial charge in [-0.1, -0.05) is 36.4 Å². The van der Waals surface area contributed by atoms with Crippen LogP contribution in [0, 0.1) is 103 Å². The first-order chi connectivity index (χ1) is 36.0. The third kappa shape index (κ3) is 14.7. The van der Waals surface area contributed by atoms with E-state index in [1.54, 1.807) is 13.8 Å². The van der Waals surface area contributed by atoms with Gasteiger partial charge in [0.15, 0.2) is 30.0 Å². The molecule has 74 heavy (non-hydrogen) atoms. The summed E-state index contributed by atoms with van der Waals surface area (Å²) in [5.41, 5.74) is 2.84. The summed E-state index contributed by atoms with van der Waals surface area (Å²) in [7, 11) is 0. The van der Waals surface area contributed by atoms with E-state index in [0.29, 0.717) is 35.1 Å². The fourth-order valence-electron chi connectivity index (χ4n) is 6.16. The van der Waals surface area contributed by atoms with Crippen molar-refractivity contribution in [1.82, 2.24) is 9.97 Å². The number of nitro benzene ring substituents is 2. The zero-order chi connectivity index (χ0) is 53.2. The van der Waals surface area contributed by atoms with Crippen molar-refractivity contribution in [2.45, 2.75) is 13.8 Å². The lowest BCUT2D eigenvalue weighted by Gasteiger charge is -2.15. The Morgan fingerprint density at radius 3 is 1.42 bits per heavy atom. The van der Waals surface area contributed by atoms with Gasteiger partial charge in [0, 0.05) is 58.6 Å². The molecule has 0 aliphatic heterocycles. The maximum Gasteiger partial charge on any atom is 0.270 e. The smallest absolute Gasteiger partial charge is 0.270 e. The molecule has 6 rings (SSSR count). The lowest BCUT2D eigenvalue weighted by atomic mass is 10.1. The normalized spacial score (nSPS) is 9.92. The first kappa shape index (κ1) is 53.4. The molecule has 0 fully saturated rings. The average Bonchev–Trinajstić information content (AvgIpc) is 3.41. The van der Waals surface area contributed by atoms with E-state index in [-0.39, 0.29) is 106 Å². The van der Waals surface area contributed by atoms with Crippen LogP contribution in [0.4, 0.5) is 68.8 Å². The van der Waals surface area contributed by atoms with Crippen LogP contribution >= 0.6 is 0 Å². The molecule has 0 radical (unpaired) electrons. The number of carbonyl (C=O) groups is 2. The molecule has 0 bridgehead atoms. The highest BCUT2D eigenvalue weighted by Crippen LogP contribution is 2.38. The molecule has 4 N–H and O–H groups in total. The number of nitriles is 4. The summed E-state index contributed by atoms with van der Waals surface area (Å²) < 4.78 is 10.0. The number of ether oxygens (including phenoxy) is 2. The number of carbonyl (C=O) groups excluding carboxylic acids is 2. The predicted molar refractivity (Wildman–Crippen MR) is 267 cm³/mol. The number of hydrogen-bond donors (Lipinski definition) is 4. The van der Waals surface area contributed by atoms with Crippen LogP contribution in [0.2, 0.25) is 0 Å². The van der Waals surface area contributed by atoms with Gasteiger partial charge in [-0.15, -0.1) is 20.5 Å². The van der Waals surface area contributed by atoms with Crippen LogP contribution in [-0.4, -0.2) is 58.7 Å². The van der Waals surface area contributed by atoms with E-state index in [9.17, 15) is 50.9 Å². The highest BCUT2D eigenvalue weighted by molar-refractivity contribution is 5.79. The average molecular weight is 989 g/mol. The van der Waals surface area contributed by atoms with Crippen molar-refractivity contribution in [1.29, 1.82) is 21.0 Å². The minimum atomic E-state index is -0.614. The van der Waals surface area contributed by atoms with Crippen LogP contribution in [0.1, 0.15) is 33.4 Å². The van der Waals surface area contributed by atoms with Gasteiger partial charge in [-0.25, -0.2) is 9.97 Å². The van der Waals surface area contributed by atoms with E-state index < -0.39 is 9.85 Å². The van der Waals surface area contributed by atoms with Crippen molar-refractivity contribution in [2.24, 2.45) is 20.5 Å². The van der Waals surface area contributed by atoms with Crippen LogP contribution in [0.5, 0.6) is 0 Å². The Hall–Kier alpha value is -11.6. The highest BCUT2D eigenvalue weighted by Gasteiger charge is 2.20. The van der Waals surface area contributed by atoms with Crippen LogP contribution in [0.15, 0.2) is 118 Å². The Kier molecular flexibility index (Phi) is 19.8. The lowest BCUT2D eigenvalue weighted by molar-refractivity contribution is -0.385. The van der Waals surface area contributed by atoms with Crippen molar-refractivity contribution in [2.75, 3.05) is 47.6 Å². The number of non-ortho nitro benzene ring substituents is 2. The number of aldehydes is 2. The summed E-state index contributed by atoms with van der Waals surface area (Å²) in [6.45, 7) is 4.05. The van der Waals surface area contributed by atoms with E-state index in [1.165, 1.54) is 24.3 Å². The van der Waals surface area contributed by atoms with Gasteiger partial charge in [-0.3, -0.25) is 29.8 Å². The fraction of sp³-hybridized carbons (Fsp3) is 0.120. The zero-order valence-corrected chi connectivity index (χ0v) is 38.9. The number of anilines is 6. The second-order valence-corrected chi connectivity index (χ2v) is 14.3. The molecule has 24 heteroatoms. The van der Waals surface area contributed by atoms with Gasteiger partial charge in [-0.2, -0.15) is 21.0 Å². The molecule has 0 amide bonds. The molecule has 24 nitrogen and oxygen atoms in total. The Bertz CT molecular complexity index is 3450. The molecular formula is C50H36N16O8. The second-order valence-electron chi connectivity index (χ2n) is 14.3. The number of para-hydroxylation sites is 2. The Labute approximate surface area is 421 Å². The number of nitrogens with one attached hydrogen (secondary N) is 4. The number of nitro groups is 2. The van der Waals surface area contributed by atoms with Crippen LogP contribution in [0.25, 0.3) is 0 Å². The molecular weight excluding hydrogens is 953 g/mol. The zero-order valence-electron chi connectivity index (χ0n) is 38.9. The van der Waals surface area contributed by atoms with E-state index in [1.807, 2.05) is 72.8 Å². The molecule has 6 aromatic rings. The summed E-state index contributed by atoms with van der Waals surface area (Å²) in [6, 6.07) is 33.5. The van der Waals surface area contributed by atoms with Gasteiger partial charge < -0.3 is 30.7 Å². The van der Waals surface area contributed by atoms with Crippen molar-refractivity contribution in [3.8, 4) is 48.3 Å². The number of nitrogens with zero attached hydrogens (tertiary/aromatic N) is 12. The second kappa shape index (κ2) is 27.4. The minimum Gasteiger partial charge on any atom is -0.444 e. The third-order valence-electron chi connectivity index (χ3n) is 9.64. The number of pyridine rings is 2. The van der Waals surface area contributed by atoms with Crippen LogP contribution in [-0.2, 0) is 19.1 Å². The van der Waals surface area contributed by atoms with Crippen molar-refractivity contribution >= 4 is 81.3 Å². The van der Waals surface area contributed by atoms with Gasteiger partial charge >= 0.3 is 0 Å². The quantitative estimate of drug-likeness (QED) is 0.0155. The largest absolute Gasteiger partial charge is 0.444 e. The minimum absolute atomic E-state index is 0.0300. The standard InChI is InChI=1S/2C25H18N8O4/c1-17-21(16-27)24(29-19-6-3-2-4-7-19)30-25(28-10-13-37-12-5-11-34)23(17)32-31-22-9-8-20(33(35)36)14-18(22)15-26;1-17-21(16-27)24(28-10-13-37-12-5-11-34)30-25(29-19-6-3-2-4-7-19)23(17)32-31-22-9-8-20(33(35)36)14-18(22)15-26/h2*2-4,6-9,11,14H,10,13H2,1H3,(H2,28,29,30). The van der Waals surface area contributed by atoms with Crippen molar-refractivity contribution in [3.05, 3.63) is 151 Å². The van der Waals surface area contributed by atoms with E-state index in [0.717, 1.165) is 12.1 Å². The Balaban J connectivity index is 0.000000274. The summed E-state index contributed by atoms with van der Waals surface area (Å²) in [4.78, 5) is 50.4. The monoisotopic (exact) mass is 988 g/mol. The number of hydrogen-bond acceptors (Lipinski definition) is 22. The van der Waals surface area contributed by atoms with E-state index >= 15 is 0 Å². The summed E-state index contributed by atoms with van der Waals surface area (Å²) in [5, 5.41) is 89.5. The third-order valence-corrected chi connectivity index (χ3v) is 9.64. The molecule has 0 unspecified atom stereocenters. The van der Waals surface area contributed by atoms with Crippen LogP contribution in [0.3, 0.4) is 0 Å². The fourth-order valence-corrected chi connectivity index (χ4v) is 6.16. The number of aromatic nitrogens is 2. The molecule has 0 aliphatic rings. The summed E-state index contributed by atoms with van der Waals surface area (Å²) in [5.74, 6) is 5.34. The molecule has 2 aromatic heterocycles. The molecule has 0 aliphatic carbocycles.